The summed E-state index contributed by atoms with van der Waals surface area (Å²) >= 11 is 0. The molecule has 0 saturated carbocycles. The normalized spacial score (nSPS) is 17.2. The van der Waals surface area contributed by atoms with Gasteiger partial charge in [0.15, 0.2) is 0 Å². The zero-order valence-electron chi connectivity index (χ0n) is 11.6. The van der Waals surface area contributed by atoms with Crippen LogP contribution in [-0.2, 0) is 4.74 Å². The number of pyridine rings is 1. The zero-order chi connectivity index (χ0) is 13.7. The van der Waals surface area contributed by atoms with Crippen molar-refractivity contribution >= 4 is 11.8 Å². The number of carbonyl (C=O) groups is 1. The molecular formula is C14H21N3O2. The van der Waals surface area contributed by atoms with Crippen LogP contribution in [0.15, 0.2) is 18.3 Å². The number of likely N-dealkylation sites (tertiary alicyclic amines) is 1. The van der Waals surface area contributed by atoms with Crippen LogP contribution in [0, 0.1) is 5.92 Å². The summed E-state index contributed by atoms with van der Waals surface area (Å²) in [5.41, 5.74) is 0.498. The molecule has 19 heavy (non-hydrogen) atoms. The molecule has 0 spiro atoms. The second-order valence-corrected chi connectivity index (χ2v) is 5.02. The summed E-state index contributed by atoms with van der Waals surface area (Å²) in [5.74, 6) is 0.913. The number of piperidine rings is 1. The predicted octanol–water partition coefficient (Wildman–Crippen LogP) is 1.62. The first-order valence-electron chi connectivity index (χ1n) is 6.66. The van der Waals surface area contributed by atoms with Crippen molar-refractivity contribution in [2.24, 2.45) is 5.92 Å². The second-order valence-electron chi connectivity index (χ2n) is 5.02. The molecule has 1 saturated heterocycles. The Hall–Kier alpha value is -1.62. The van der Waals surface area contributed by atoms with Crippen LogP contribution in [-0.4, -0.2) is 49.6 Å². The van der Waals surface area contributed by atoms with E-state index in [9.17, 15) is 4.79 Å². The lowest BCUT2D eigenvalue weighted by atomic mass is 9.97. The number of hydrogen-bond acceptors (Lipinski definition) is 5. The van der Waals surface area contributed by atoms with E-state index in [0.717, 1.165) is 19.6 Å². The van der Waals surface area contributed by atoms with E-state index < -0.39 is 0 Å². The maximum atomic E-state index is 11.6. The highest BCUT2D eigenvalue weighted by atomic mass is 16.5. The molecule has 1 aromatic rings. The molecule has 0 radical (unpaired) electrons. The van der Waals surface area contributed by atoms with Crippen molar-refractivity contribution < 1.29 is 9.53 Å². The summed E-state index contributed by atoms with van der Waals surface area (Å²) in [7, 11) is 3.54. The fourth-order valence-corrected chi connectivity index (χ4v) is 2.33. The van der Waals surface area contributed by atoms with Crippen molar-refractivity contribution in [3.05, 3.63) is 23.9 Å². The van der Waals surface area contributed by atoms with Gasteiger partial charge in [0.25, 0.3) is 0 Å². The molecule has 1 N–H and O–H groups in total. The summed E-state index contributed by atoms with van der Waals surface area (Å²) in [6.45, 7) is 3.13. The van der Waals surface area contributed by atoms with Crippen LogP contribution >= 0.6 is 0 Å². The molecule has 0 aromatic carbocycles. The molecule has 0 bridgehead atoms. The van der Waals surface area contributed by atoms with E-state index in [2.05, 4.69) is 22.2 Å². The van der Waals surface area contributed by atoms with Crippen molar-refractivity contribution in [2.75, 3.05) is 39.1 Å². The van der Waals surface area contributed by atoms with Gasteiger partial charge in [-0.25, -0.2) is 9.78 Å². The largest absolute Gasteiger partial charge is 0.465 e. The Kier molecular flexibility index (Phi) is 4.74. The Morgan fingerprint density at radius 2 is 2.26 bits per heavy atom. The molecule has 0 amide bonds. The van der Waals surface area contributed by atoms with Gasteiger partial charge < -0.3 is 15.0 Å². The van der Waals surface area contributed by atoms with Gasteiger partial charge in [-0.2, -0.15) is 0 Å². The minimum Gasteiger partial charge on any atom is -0.465 e. The number of anilines is 1. The third-order valence-electron chi connectivity index (χ3n) is 3.61. The highest BCUT2D eigenvalue weighted by molar-refractivity contribution is 5.94. The van der Waals surface area contributed by atoms with Crippen LogP contribution in [0.4, 0.5) is 5.82 Å². The molecule has 5 heteroatoms. The quantitative estimate of drug-likeness (QED) is 0.837. The smallest absolute Gasteiger partial charge is 0.341 e. The van der Waals surface area contributed by atoms with Crippen molar-refractivity contribution in [3.8, 4) is 0 Å². The Morgan fingerprint density at radius 3 is 2.95 bits per heavy atom. The molecule has 0 aliphatic carbocycles. The van der Waals surface area contributed by atoms with Crippen LogP contribution in [0.1, 0.15) is 23.2 Å². The zero-order valence-corrected chi connectivity index (χ0v) is 11.6. The molecule has 1 aliphatic rings. The summed E-state index contributed by atoms with van der Waals surface area (Å²) in [4.78, 5) is 18.2. The molecule has 0 unspecified atom stereocenters. The summed E-state index contributed by atoms with van der Waals surface area (Å²) in [6.07, 6.45) is 4.05. The SMILES string of the molecule is COC(=O)c1cccnc1NCC1CCN(C)CC1. The Balaban J connectivity index is 1.94. The third kappa shape index (κ3) is 3.67. The maximum Gasteiger partial charge on any atom is 0.341 e. The number of ether oxygens (including phenoxy) is 1. The van der Waals surface area contributed by atoms with Gasteiger partial charge in [0, 0.05) is 12.7 Å². The predicted molar refractivity (Wildman–Crippen MR) is 74.3 cm³/mol. The first-order valence-corrected chi connectivity index (χ1v) is 6.66. The first kappa shape index (κ1) is 13.8. The number of esters is 1. The molecular weight excluding hydrogens is 242 g/mol. The standard InChI is InChI=1S/C14H21N3O2/c1-17-8-5-11(6-9-17)10-16-13-12(14(18)19-2)4-3-7-15-13/h3-4,7,11H,5-6,8-10H2,1-2H3,(H,15,16). The highest BCUT2D eigenvalue weighted by Crippen LogP contribution is 2.18. The van der Waals surface area contributed by atoms with Crippen molar-refractivity contribution in [1.29, 1.82) is 0 Å². The number of hydrogen-bond donors (Lipinski definition) is 1. The number of rotatable bonds is 4. The minimum absolute atomic E-state index is 0.348. The topological polar surface area (TPSA) is 54.5 Å². The van der Waals surface area contributed by atoms with E-state index >= 15 is 0 Å². The van der Waals surface area contributed by atoms with Gasteiger partial charge >= 0.3 is 5.97 Å². The van der Waals surface area contributed by atoms with Gasteiger partial charge in [0.1, 0.15) is 11.4 Å². The maximum absolute atomic E-state index is 11.6. The van der Waals surface area contributed by atoms with Crippen molar-refractivity contribution in [3.63, 3.8) is 0 Å². The lowest BCUT2D eigenvalue weighted by Gasteiger charge is -2.29. The molecule has 1 fully saturated rings. The van der Waals surface area contributed by atoms with Gasteiger partial charge in [-0.3, -0.25) is 0 Å². The van der Waals surface area contributed by atoms with E-state index in [0.29, 0.717) is 17.3 Å². The average Bonchev–Trinajstić information content (AvgIpc) is 2.46. The Labute approximate surface area is 114 Å². The fourth-order valence-electron chi connectivity index (χ4n) is 2.33. The van der Waals surface area contributed by atoms with Crippen molar-refractivity contribution in [2.45, 2.75) is 12.8 Å². The molecule has 104 valence electrons. The van der Waals surface area contributed by atoms with E-state index in [1.807, 2.05) is 0 Å². The second kappa shape index (κ2) is 6.52. The highest BCUT2D eigenvalue weighted by Gasteiger charge is 2.18. The van der Waals surface area contributed by atoms with Crippen LogP contribution < -0.4 is 5.32 Å². The van der Waals surface area contributed by atoms with Crippen LogP contribution in [0.5, 0.6) is 0 Å². The van der Waals surface area contributed by atoms with Crippen LogP contribution in [0.2, 0.25) is 0 Å². The number of aromatic nitrogens is 1. The number of carbonyl (C=O) groups excluding carboxylic acids is 1. The average molecular weight is 263 g/mol. The minimum atomic E-state index is -0.348. The monoisotopic (exact) mass is 263 g/mol. The number of methoxy groups -OCH3 is 1. The van der Waals surface area contributed by atoms with Gasteiger partial charge in [-0.1, -0.05) is 0 Å². The number of nitrogens with zero attached hydrogens (tertiary/aromatic N) is 2. The summed E-state index contributed by atoms with van der Waals surface area (Å²) < 4.78 is 4.76. The lowest BCUT2D eigenvalue weighted by molar-refractivity contribution is 0.0601. The van der Waals surface area contributed by atoms with Gasteiger partial charge in [0.2, 0.25) is 0 Å². The Bertz CT molecular complexity index is 428. The summed E-state index contributed by atoms with van der Waals surface area (Å²) in [6, 6.07) is 3.48. The van der Waals surface area contributed by atoms with E-state index in [4.69, 9.17) is 4.74 Å². The molecule has 2 rings (SSSR count). The lowest BCUT2D eigenvalue weighted by Crippen LogP contribution is -2.33. The van der Waals surface area contributed by atoms with Gasteiger partial charge in [-0.15, -0.1) is 0 Å². The summed E-state index contributed by atoms with van der Waals surface area (Å²) in [5, 5.41) is 3.28. The molecule has 1 aromatic heterocycles. The van der Waals surface area contributed by atoms with Crippen molar-refractivity contribution in [1.82, 2.24) is 9.88 Å². The first-order chi connectivity index (χ1) is 9.20. The third-order valence-corrected chi connectivity index (χ3v) is 3.61. The van der Waals surface area contributed by atoms with E-state index in [-0.39, 0.29) is 5.97 Å². The van der Waals surface area contributed by atoms with Crippen LogP contribution in [0.3, 0.4) is 0 Å². The molecule has 2 heterocycles. The Morgan fingerprint density at radius 1 is 1.53 bits per heavy atom. The van der Waals surface area contributed by atoms with E-state index in [1.165, 1.54) is 20.0 Å². The van der Waals surface area contributed by atoms with Gasteiger partial charge in [-0.05, 0) is 51.0 Å². The molecule has 1 aliphatic heterocycles. The fraction of sp³-hybridized carbons (Fsp3) is 0.571. The van der Waals surface area contributed by atoms with E-state index in [1.54, 1.807) is 18.3 Å². The molecule has 5 nitrogen and oxygen atoms in total. The number of nitrogens with one attached hydrogen (secondary N) is 1. The van der Waals surface area contributed by atoms with Gasteiger partial charge in [0.05, 0.1) is 7.11 Å². The molecule has 0 atom stereocenters. The van der Waals surface area contributed by atoms with Crippen LogP contribution in [0.25, 0.3) is 0 Å².